The van der Waals surface area contributed by atoms with Crippen LogP contribution < -0.4 is 10.3 Å². The van der Waals surface area contributed by atoms with Gasteiger partial charge in [0.2, 0.25) is 5.76 Å². The summed E-state index contributed by atoms with van der Waals surface area (Å²) in [5, 5.41) is 0.903. The van der Waals surface area contributed by atoms with E-state index in [-0.39, 0.29) is 35.7 Å². The average molecular weight is 513 g/mol. The van der Waals surface area contributed by atoms with Gasteiger partial charge >= 0.3 is 0 Å². The van der Waals surface area contributed by atoms with E-state index >= 15 is 0 Å². The number of aryl methyl sites for hydroxylation is 2. The van der Waals surface area contributed by atoms with Crippen molar-refractivity contribution < 1.29 is 14.0 Å². The van der Waals surface area contributed by atoms with Crippen LogP contribution in [0.15, 0.2) is 69.9 Å². The van der Waals surface area contributed by atoms with Crippen molar-refractivity contribution in [2.45, 2.75) is 39.3 Å². The first kappa shape index (κ1) is 23.5. The molecule has 2 amide bonds. The number of nitrogens with zero attached hydrogens (tertiary/aromatic N) is 2. The van der Waals surface area contributed by atoms with Crippen molar-refractivity contribution >= 4 is 40.1 Å². The lowest BCUT2D eigenvalue weighted by Gasteiger charge is -2.34. The molecule has 6 rings (SSSR count). The summed E-state index contributed by atoms with van der Waals surface area (Å²) in [5.74, 6) is -0.863. The molecule has 0 saturated heterocycles. The van der Waals surface area contributed by atoms with Crippen LogP contribution >= 0.6 is 11.6 Å². The smallest absolute Gasteiger partial charge is 0.291 e. The number of para-hydroxylation sites is 1. The fourth-order valence-electron chi connectivity index (χ4n) is 5.72. The highest BCUT2D eigenvalue weighted by Gasteiger charge is 2.64. The highest BCUT2D eigenvalue weighted by molar-refractivity contribution is 6.31. The largest absolute Gasteiger partial charge is 0.450 e. The predicted molar refractivity (Wildman–Crippen MR) is 143 cm³/mol. The van der Waals surface area contributed by atoms with Gasteiger partial charge in [0, 0.05) is 17.1 Å². The molecule has 1 spiro atoms. The van der Waals surface area contributed by atoms with Gasteiger partial charge in [-0.15, -0.1) is 0 Å². The lowest BCUT2D eigenvalue weighted by molar-refractivity contribution is -0.126. The molecule has 4 aromatic rings. The van der Waals surface area contributed by atoms with E-state index in [0.29, 0.717) is 33.7 Å². The minimum Gasteiger partial charge on any atom is -0.450 e. The van der Waals surface area contributed by atoms with Gasteiger partial charge in [0.1, 0.15) is 5.58 Å². The van der Waals surface area contributed by atoms with E-state index in [1.807, 2.05) is 63.2 Å². The Labute approximate surface area is 219 Å². The molecule has 0 radical (unpaired) electrons. The topological polar surface area (TPSA) is 70.8 Å². The number of carbonyl (C=O) groups excluding carboxylic acids is 2. The van der Waals surface area contributed by atoms with Crippen molar-refractivity contribution in [3.8, 4) is 0 Å². The third kappa shape index (κ3) is 3.08. The second-order valence-corrected chi connectivity index (χ2v) is 10.1. The Bertz CT molecular complexity index is 1690. The van der Waals surface area contributed by atoms with Gasteiger partial charge in [0.05, 0.1) is 23.2 Å². The van der Waals surface area contributed by atoms with Crippen molar-refractivity contribution in [1.29, 1.82) is 0 Å². The zero-order valence-corrected chi connectivity index (χ0v) is 21.6. The number of anilines is 1. The molecule has 1 atom stereocenters. The molecule has 0 bridgehead atoms. The highest BCUT2D eigenvalue weighted by atomic mass is 35.5. The molecule has 0 fully saturated rings. The maximum absolute atomic E-state index is 14.6. The summed E-state index contributed by atoms with van der Waals surface area (Å²) >= 11 is 6.46. The van der Waals surface area contributed by atoms with Crippen LogP contribution in [-0.4, -0.2) is 23.3 Å². The summed E-state index contributed by atoms with van der Waals surface area (Å²) in [6.07, 6.45) is 0.605. The zero-order chi connectivity index (χ0) is 26.1. The molecule has 3 heterocycles. The SMILES string of the molecule is CCCN1C(=O)c2oc3cc(C)c(C)cc3c(=O)c2C12C(=O)N(Cc1ccccc1Cl)c1ccccc12. The first-order chi connectivity index (χ1) is 17.8. The molecular weight excluding hydrogens is 488 g/mol. The van der Waals surface area contributed by atoms with Crippen molar-refractivity contribution in [3.63, 3.8) is 0 Å². The summed E-state index contributed by atoms with van der Waals surface area (Å²) < 4.78 is 6.15. The number of hydrogen-bond donors (Lipinski definition) is 0. The number of amides is 2. The van der Waals surface area contributed by atoms with Gasteiger partial charge < -0.3 is 14.2 Å². The quantitative estimate of drug-likeness (QED) is 0.350. The lowest BCUT2D eigenvalue weighted by Crippen LogP contribution is -2.53. The molecule has 1 aromatic heterocycles. The van der Waals surface area contributed by atoms with Gasteiger partial charge in [-0.25, -0.2) is 0 Å². The van der Waals surface area contributed by atoms with Crippen LogP contribution in [0.25, 0.3) is 11.0 Å². The van der Waals surface area contributed by atoms with Gasteiger partial charge in [0.25, 0.3) is 11.8 Å². The maximum Gasteiger partial charge on any atom is 0.291 e. The molecule has 37 heavy (non-hydrogen) atoms. The first-order valence-corrected chi connectivity index (χ1v) is 12.7. The third-order valence-electron chi connectivity index (χ3n) is 7.59. The van der Waals surface area contributed by atoms with Gasteiger partial charge in [-0.2, -0.15) is 0 Å². The molecule has 1 unspecified atom stereocenters. The van der Waals surface area contributed by atoms with E-state index in [1.165, 1.54) is 4.90 Å². The standard InChI is InChI=1S/C30H25ClN2O4/c1-4-13-33-28(35)27-25(26(34)20-14-17(2)18(3)15-24(20)37-27)30(33)21-10-6-8-12-23(21)32(29(30)36)16-19-9-5-7-11-22(19)31/h5-12,14-15H,4,13,16H2,1-3H3. The van der Waals surface area contributed by atoms with Crippen LogP contribution in [0, 0.1) is 13.8 Å². The predicted octanol–water partition coefficient (Wildman–Crippen LogP) is 5.72. The van der Waals surface area contributed by atoms with Crippen LogP contribution in [-0.2, 0) is 16.9 Å². The number of halogens is 1. The summed E-state index contributed by atoms with van der Waals surface area (Å²) in [4.78, 5) is 45.8. The number of hydrogen-bond acceptors (Lipinski definition) is 4. The maximum atomic E-state index is 14.6. The summed E-state index contributed by atoms with van der Waals surface area (Å²) in [6.45, 7) is 6.29. The molecule has 186 valence electrons. The second-order valence-electron chi connectivity index (χ2n) is 9.73. The normalized spacial score (nSPS) is 18.3. The molecular formula is C30H25ClN2O4. The lowest BCUT2D eigenvalue weighted by atomic mass is 9.83. The summed E-state index contributed by atoms with van der Waals surface area (Å²) in [5.41, 5.74) is 2.39. The number of benzene rings is 3. The zero-order valence-electron chi connectivity index (χ0n) is 20.8. The Kier molecular flexibility index (Phi) is 5.28. The molecule has 2 aliphatic heterocycles. The van der Waals surface area contributed by atoms with Gasteiger partial charge in [-0.1, -0.05) is 54.9 Å². The second kappa shape index (κ2) is 8.32. The monoisotopic (exact) mass is 512 g/mol. The van der Waals surface area contributed by atoms with Crippen LogP contribution in [0.4, 0.5) is 5.69 Å². The average Bonchev–Trinajstić information content (AvgIpc) is 3.27. The van der Waals surface area contributed by atoms with E-state index in [4.69, 9.17) is 16.0 Å². The Morgan fingerprint density at radius 3 is 2.41 bits per heavy atom. The van der Waals surface area contributed by atoms with Crippen LogP contribution in [0.1, 0.15) is 51.7 Å². The molecule has 0 aliphatic carbocycles. The van der Waals surface area contributed by atoms with E-state index in [0.717, 1.165) is 16.7 Å². The van der Waals surface area contributed by atoms with Crippen molar-refractivity contribution in [3.05, 3.63) is 109 Å². The molecule has 0 saturated carbocycles. The summed E-state index contributed by atoms with van der Waals surface area (Å²) in [6, 6.07) is 18.3. The number of carbonyl (C=O) groups is 2. The van der Waals surface area contributed by atoms with Crippen LogP contribution in [0.5, 0.6) is 0 Å². The molecule has 7 heteroatoms. The fraction of sp³-hybridized carbons (Fsp3) is 0.233. The molecule has 0 N–H and O–H groups in total. The number of rotatable bonds is 4. The van der Waals surface area contributed by atoms with E-state index in [2.05, 4.69) is 0 Å². The van der Waals surface area contributed by atoms with Gasteiger partial charge in [-0.05, 0) is 61.2 Å². The van der Waals surface area contributed by atoms with E-state index in [1.54, 1.807) is 23.1 Å². The minimum atomic E-state index is -1.60. The number of fused-ring (bicyclic) bond motifs is 5. The van der Waals surface area contributed by atoms with Crippen molar-refractivity contribution in [2.75, 3.05) is 11.4 Å². The molecule has 3 aromatic carbocycles. The fourth-order valence-corrected chi connectivity index (χ4v) is 5.92. The molecule has 2 aliphatic rings. The van der Waals surface area contributed by atoms with Crippen LogP contribution in [0.2, 0.25) is 5.02 Å². The van der Waals surface area contributed by atoms with Crippen molar-refractivity contribution in [1.82, 2.24) is 4.90 Å². The highest BCUT2D eigenvalue weighted by Crippen LogP contribution is 2.53. The Morgan fingerprint density at radius 2 is 1.65 bits per heavy atom. The first-order valence-electron chi connectivity index (χ1n) is 12.4. The molecule has 6 nitrogen and oxygen atoms in total. The van der Waals surface area contributed by atoms with E-state index in [9.17, 15) is 14.4 Å². The Morgan fingerprint density at radius 1 is 0.946 bits per heavy atom. The van der Waals surface area contributed by atoms with Crippen molar-refractivity contribution in [2.24, 2.45) is 0 Å². The van der Waals surface area contributed by atoms with Crippen LogP contribution in [0.3, 0.4) is 0 Å². The van der Waals surface area contributed by atoms with E-state index < -0.39 is 11.4 Å². The Balaban J connectivity index is 1.67. The minimum absolute atomic E-state index is 0.0584. The summed E-state index contributed by atoms with van der Waals surface area (Å²) in [7, 11) is 0. The third-order valence-corrected chi connectivity index (χ3v) is 7.95. The van der Waals surface area contributed by atoms with Gasteiger partial charge in [-0.3, -0.25) is 14.4 Å². The van der Waals surface area contributed by atoms with Gasteiger partial charge in [0.15, 0.2) is 11.0 Å². The Hall–Kier alpha value is -3.90.